The highest BCUT2D eigenvalue weighted by molar-refractivity contribution is 7.47. The monoisotopic (exact) mass is 792 g/mol. The molecule has 1 rings (SSSR count). The van der Waals surface area contributed by atoms with Gasteiger partial charge in [0.1, 0.15) is 43.2 Å². The van der Waals surface area contributed by atoms with Crippen molar-refractivity contribution in [2.45, 2.75) is 204 Å². The van der Waals surface area contributed by atoms with Gasteiger partial charge in [-0.05, 0) is 44.9 Å². The molecule has 0 aromatic rings. The van der Waals surface area contributed by atoms with Gasteiger partial charge in [-0.2, -0.15) is 0 Å². The Balaban J connectivity index is 2.46. The molecule has 0 heterocycles. The number of hydrogen-bond donors (Lipinski definition) is 6. The van der Waals surface area contributed by atoms with Gasteiger partial charge in [0.05, 0.1) is 6.61 Å². The maximum atomic E-state index is 12.7. The predicted octanol–water partition coefficient (Wildman–Crippen LogP) is 6.89. The number of aliphatic hydroxyl groups is 5. The molecule has 6 atom stereocenters. The molecule has 13 nitrogen and oxygen atoms in total. The molecule has 1 saturated carbocycles. The second kappa shape index (κ2) is 31.4. The van der Waals surface area contributed by atoms with E-state index >= 15 is 0 Å². The number of aliphatic hydroxyl groups excluding tert-OH is 5. The fourth-order valence-electron chi connectivity index (χ4n) is 6.14. The van der Waals surface area contributed by atoms with Gasteiger partial charge >= 0.3 is 19.8 Å². The molecule has 0 bridgehead atoms. The first kappa shape index (κ1) is 50.3. The zero-order valence-corrected chi connectivity index (χ0v) is 33.9. The topological polar surface area (TPSA) is 210 Å². The van der Waals surface area contributed by atoms with Gasteiger partial charge in [-0.15, -0.1) is 0 Å². The lowest BCUT2D eigenvalue weighted by molar-refractivity contribution is -0.220. The second-order valence-electron chi connectivity index (χ2n) is 14.5. The van der Waals surface area contributed by atoms with Gasteiger partial charge in [0.2, 0.25) is 0 Å². The fraction of sp³-hybridized carbons (Fsp3) is 0.850. The molecule has 54 heavy (non-hydrogen) atoms. The lowest BCUT2D eigenvalue weighted by Crippen LogP contribution is -2.64. The summed E-state index contributed by atoms with van der Waals surface area (Å²) in [6.07, 6.45) is 18.4. The Morgan fingerprint density at radius 1 is 0.574 bits per heavy atom. The molecule has 1 aliphatic carbocycles. The lowest BCUT2D eigenvalue weighted by atomic mass is 9.85. The van der Waals surface area contributed by atoms with Crippen molar-refractivity contribution in [1.82, 2.24) is 0 Å². The molecular weight excluding hydrogens is 719 g/mol. The minimum atomic E-state index is -5.11. The Hall–Kier alpha value is -1.67. The molecule has 0 amide bonds. The van der Waals surface area contributed by atoms with Crippen LogP contribution in [-0.2, 0) is 32.7 Å². The van der Waals surface area contributed by atoms with Crippen LogP contribution >= 0.6 is 7.82 Å². The van der Waals surface area contributed by atoms with Crippen LogP contribution in [0.25, 0.3) is 0 Å². The highest BCUT2D eigenvalue weighted by atomic mass is 31.2. The van der Waals surface area contributed by atoms with E-state index in [-0.39, 0.29) is 12.8 Å². The molecule has 6 N–H and O–H groups in total. The smallest absolute Gasteiger partial charge is 0.462 e. The number of esters is 2. The number of allylic oxidation sites excluding steroid dienone is 4. The van der Waals surface area contributed by atoms with Crippen LogP contribution in [0.5, 0.6) is 0 Å². The number of carbonyl (C=O) groups excluding carboxylic acids is 2. The minimum absolute atomic E-state index is 0.0896. The number of phosphoric acid groups is 1. The van der Waals surface area contributed by atoms with Gasteiger partial charge in [0, 0.05) is 12.8 Å². The molecule has 0 spiro atoms. The van der Waals surface area contributed by atoms with Crippen molar-refractivity contribution >= 4 is 19.8 Å². The molecule has 14 heteroatoms. The summed E-state index contributed by atoms with van der Waals surface area (Å²) in [4.78, 5) is 35.4. The van der Waals surface area contributed by atoms with Crippen molar-refractivity contribution in [1.29, 1.82) is 0 Å². The van der Waals surface area contributed by atoms with Gasteiger partial charge < -0.3 is 39.9 Å². The van der Waals surface area contributed by atoms with Gasteiger partial charge in [-0.1, -0.05) is 128 Å². The predicted molar refractivity (Wildman–Crippen MR) is 207 cm³/mol. The lowest BCUT2D eigenvalue weighted by Gasteiger charge is -2.41. The molecule has 0 aliphatic heterocycles. The Bertz CT molecular complexity index is 1050. The number of carbonyl (C=O) groups is 2. The van der Waals surface area contributed by atoms with Crippen LogP contribution in [0, 0.1) is 0 Å². The quantitative estimate of drug-likeness (QED) is 0.0173. The second-order valence-corrected chi connectivity index (χ2v) is 15.9. The Labute approximate surface area is 324 Å². The number of phosphoric ester groups is 1. The Kier molecular flexibility index (Phi) is 29.3. The van der Waals surface area contributed by atoms with Crippen molar-refractivity contribution in [2.24, 2.45) is 0 Å². The minimum Gasteiger partial charge on any atom is -0.462 e. The first-order valence-corrected chi connectivity index (χ1v) is 22.1. The van der Waals surface area contributed by atoms with Gasteiger partial charge in [-0.25, -0.2) is 4.57 Å². The molecule has 0 aromatic heterocycles. The van der Waals surface area contributed by atoms with Crippen LogP contribution in [0.1, 0.15) is 162 Å². The van der Waals surface area contributed by atoms with Crippen LogP contribution in [0.3, 0.4) is 0 Å². The van der Waals surface area contributed by atoms with E-state index in [0.717, 1.165) is 83.5 Å². The van der Waals surface area contributed by atoms with Crippen LogP contribution < -0.4 is 0 Å². The summed E-state index contributed by atoms with van der Waals surface area (Å²) in [6.45, 7) is 3.20. The third kappa shape index (κ3) is 24.1. The van der Waals surface area contributed by atoms with Gasteiger partial charge in [0.15, 0.2) is 6.10 Å². The number of ether oxygens (including phenoxy) is 2. The van der Waals surface area contributed by atoms with Crippen molar-refractivity contribution in [2.75, 3.05) is 13.2 Å². The van der Waals surface area contributed by atoms with E-state index in [1.165, 1.54) is 38.5 Å². The van der Waals surface area contributed by atoms with Crippen LogP contribution in [-0.4, -0.2) is 98.3 Å². The van der Waals surface area contributed by atoms with E-state index in [2.05, 4.69) is 38.2 Å². The first-order chi connectivity index (χ1) is 25.9. The fourth-order valence-corrected chi connectivity index (χ4v) is 7.11. The van der Waals surface area contributed by atoms with E-state index < -0.39 is 75.7 Å². The summed E-state index contributed by atoms with van der Waals surface area (Å²) in [5.41, 5.74) is 0. The van der Waals surface area contributed by atoms with E-state index in [4.69, 9.17) is 18.5 Å². The zero-order valence-electron chi connectivity index (χ0n) is 33.0. The summed E-state index contributed by atoms with van der Waals surface area (Å²) in [5.74, 6) is -1.11. The summed E-state index contributed by atoms with van der Waals surface area (Å²) < 4.78 is 33.3. The summed E-state index contributed by atoms with van der Waals surface area (Å²) in [6, 6.07) is 0. The molecule has 0 aromatic carbocycles. The van der Waals surface area contributed by atoms with Crippen molar-refractivity contribution < 1.29 is 63.1 Å². The van der Waals surface area contributed by atoms with Crippen LogP contribution in [0.15, 0.2) is 24.3 Å². The molecule has 6 unspecified atom stereocenters. The highest BCUT2D eigenvalue weighted by Crippen LogP contribution is 2.47. The van der Waals surface area contributed by atoms with Gasteiger partial charge in [0.25, 0.3) is 0 Å². The number of hydrogen-bond acceptors (Lipinski definition) is 12. The normalized spacial score (nSPS) is 23.5. The third-order valence-corrected chi connectivity index (χ3v) is 10.5. The summed E-state index contributed by atoms with van der Waals surface area (Å²) in [7, 11) is -5.11. The molecule has 1 fully saturated rings. The number of rotatable bonds is 33. The largest absolute Gasteiger partial charge is 0.472 e. The maximum absolute atomic E-state index is 12.7. The standard InChI is InChI=1S/C40H73O13P/c1-3-5-7-9-11-12-13-14-15-16-17-18-19-20-21-23-25-27-29-34(42)52-32(30-50-33(41)28-26-24-22-10-8-6-4-2)31-51-54(48,49)53-40-38(46)36(44)35(43)37(45)39(40)47/h12-13,15-16,32,35-40,43-47H,3-11,14,17-31H2,1-2H3,(H,48,49)/b13-12-,16-15-. The number of unbranched alkanes of at least 4 members (excludes halogenated alkanes) is 17. The van der Waals surface area contributed by atoms with Gasteiger partial charge in [-0.3, -0.25) is 18.6 Å². The molecule has 0 saturated heterocycles. The summed E-state index contributed by atoms with van der Waals surface area (Å²) >= 11 is 0. The first-order valence-electron chi connectivity index (χ1n) is 20.6. The van der Waals surface area contributed by atoms with Crippen molar-refractivity contribution in [3.05, 3.63) is 24.3 Å². The van der Waals surface area contributed by atoms with Crippen molar-refractivity contribution in [3.8, 4) is 0 Å². The van der Waals surface area contributed by atoms with E-state index in [1.54, 1.807) is 0 Å². The van der Waals surface area contributed by atoms with E-state index in [9.17, 15) is 44.6 Å². The SMILES string of the molecule is CCCCCC/C=C\C/C=C\CCCCCCCCCC(=O)OC(COC(=O)CCCCCCCCC)COP(=O)(O)OC1C(O)C(O)C(O)C(O)C1O. The third-order valence-electron chi connectivity index (χ3n) is 9.55. The maximum Gasteiger partial charge on any atom is 0.472 e. The Morgan fingerprint density at radius 2 is 1.00 bits per heavy atom. The summed E-state index contributed by atoms with van der Waals surface area (Å²) in [5, 5.41) is 49.9. The van der Waals surface area contributed by atoms with E-state index in [0.29, 0.717) is 12.8 Å². The molecular formula is C40H73O13P. The zero-order chi connectivity index (χ0) is 40.0. The average Bonchev–Trinajstić information content (AvgIpc) is 3.15. The molecule has 316 valence electrons. The average molecular weight is 793 g/mol. The molecule has 1 aliphatic rings. The molecule has 0 radical (unpaired) electrons. The highest BCUT2D eigenvalue weighted by Gasteiger charge is 2.51. The van der Waals surface area contributed by atoms with Crippen LogP contribution in [0.4, 0.5) is 0 Å². The van der Waals surface area contributed by atoms with Crippen LogP contribution in [0.2, 0.25) is 0 Å². The van der Waals surface area contributed by atoms with E-state index in [1.807, 2.05) is 0 Å². The van der Waals surface area contributed by atoms with Crippen molar-refractivity contribution in [3.63, 3.8) is 0 Å². The Morgan fingerprint density at radius 3 is 1.52 bits per heavy atom.